The fraction of sp³-hybridized carbons (Fsp3) is 0. The number of hydrogen-bond donors (Lipinski definition) is 6. The summed E-state index contributed by atoms with van der Waals surface area (Å²) in [6, 6.07) is 17.7. The lowest BCUT2D eigenvalue weighted by molar-refractivity contribution is 0.404. The molecule has 0 spiro atoms. The highest BCUT2D eigenvalue weighted by molar-refractivity contribution is 5.36. The van der Waals surface area contributed by atoms with Gasteiger partial charge in [0.25, 0.3) is 0 Å². The minimum Gasteiger partial charge on any atom is -0.508 e. The van der Waals surface area contributed by atoms with Crippen molar-refractivity contribution in [2.75, 3.05) is 0 Å². The highest BCUT2D eigenvalue weighted by Crippen LogP contribution is 2.21. The van der Waals surface area contributed by atoms with Crippen LogP contribution >= 0.6 is 0 Å². The Hall–Kier alpha value is -3.54. The van der Waals surface area contributed by atoms with E-state index in [1.54, 1.807) is 18.2 Å². The summed E-state index contributed by atoms with van der Waals surface area (Å²) in [5.74, 6) is 0.362. The van der Waals surface area contributed by atoms with Gasteiger partial charge in [-0.3, -0.25) is 0 Å². The number of rotatable bonds is 0. The summed E-state index contributed by atoms with van der Waals surface area (Å²) in [7, 11) is 0. The highest BCUT2D eigenvalue weighted by Gasteiger charge is 1.90. The van der Waals surface area contributed by atoms with Gasteiger partial charge < -0.3 is 30.6 Å². The van der Waals surface area contributed by atoms with E-state index in [1.165, 1.54) is 54.6 Å². The molecule has 0 amide bonds. The van der Waals surface area contributed by atoms with E-state index in [9.17, 15) is 0 Å². The molecule has 0 saturated carbocycles. The van der Waals surface area contributed by atoms with Crippen LogP contribution in [0.4, 0.5) is 0 Å². The lowest BCUT2D eigenvalue weighted by Gasteiger charge is -1.91. The lowest BCUT2D eigenvalue weighted by Crippen LogP contribution is -1.63. The zero-order valence-corrected chi connectivity index (χ0v) is 12.6. The van der Waals surface area contributed by atoms with Crippen molar-refractivity contribution in [3.05, 3.63) is 72.8 Å². The van der Waals surface area contributed by atoms with Gasteiger partial charge in [0.1, 0.15) is 23.0 Å². The van der Waals surface area contributed by atoms with Crippen LogP contribution in [0.2, 0.25) is 0 Å². The molecule has 0 saturated heterocycles. The molecule has 0 radical (unpaired) electrons. The average molecular weight is 330 g/mol. The zero-order valence-electron chi connectivity index (χ0n) is 12.6. The Morgan fingerprint density at radius 2 is 0.750 bits per heavy atom. The van der Waals surface area contributed by atoms with Crippen LogP contribution in [-0.4, -0.2) is 30.6 Å². The molecule has 0 aliphatic heterocycles. The zero-order chi connectivity index (χ0) is 17.9. The van der Waals surface area contributed by atoms with Crippen LogP contribution in [0.15, 0.2) is 72.8 Å². The molecular formula is C18H18O6. The van der Waals surface area contributed by atoms with Crippen molar-refractivity contribution < 1.29 is 30.6 Å². The molecule has 0 aromatic heterocycles. The second-order valence-electron chi connectivity index (χ2n) is 4.52. The van der Waals surface area contributed by atoms with Crippen LogP contribution in [0.25, 0.3) is 0 Å². The molecule has 3 aromatic carbocycles. The Kier molecular flexibility index (Phi) is 7.30. The van der Waals surface area contributed by atoms with Crippen LogP contribution in [-0.2, 0) is 0 Å². The molecule has 0 fully saturated rings. The normalized spacial score (nSPS) is 9.00. The summed E-state index contributed by atoms with van der Waals surface area (Å²) in [6.07, 6.45) is 0. The van der Waals surface area contributed by atoms with Crippen LogP contribution in [0.1, 0.15) is 0 Å². The SMILES string of the molecule is Oc1ccc(O)cc1.Oc1cccc(O)c1.Oc1ccccc1O. The third-order valence-corrected chi connectivity index (χ3v) is 2.56. The largest absolute Gasteiger partial charge is 0.508 e. The quantitative estimate of drug-likeness (QED) is 0.278. The molecule has 0 aliphatic carbocycles. The first-order valence-electron chi connectivity index (χ1n) is 6.81. The average Bonchev–Trinajstić information content (AvgIpc) is 2.54. The van der Waals surface area contributed by atoms with Crippen LogP contribution in [0.3, 0.4) is 0 Å². The van der Waals surface area contributed by atoms with Gasteiger partial charge in [-0.25, -0.2) is 0 Å². The van der Waals surface area contributed by atoms with E-state index in [2.05, 4.69) is 0 Å². The number of para-hydroxylation sites is 2. The van der Waals surface area contributed by atoms with Crippen LogP contribution in [0.5, 0.6) is 34.5 Å². The minimum absolute atomic E-state index is 0.0764. The van der Waals surface area contributed by atoms with E-state index in [1.807, 2.05) is 0 Å². The van der Waals surface area contributed by atoms with Crippen molar-refractivity contribution in [2.24, 2.45) is 0 Å². The maximum Gasteiger partial charge on any atom is 0.157 e. The fourth-order valence-electron chi connectivity index (χ4n) is 1.41. The smallest absolute Gasteiger partial charge is 0.157 e. The molecule has 0 aliphatic rings. The molecular weight excluding hydrogens is 312 g/mol. The van der Waals surface area contributed by atoms with Crippen molar-refractivity contribution >= 4 is 0 Å². The summed E-state index contributed by atoms with van der Waals surface area (Å²) in [5.41, 5.74) is 0. The van der Waals surface area contributed by atoms with Gasteiger partial charge >= 0.3 is 0 Å². The third-order valence-electron chi connectivity index (χ3n) is 2.56. The predicted octanol–water partition coefficient (Wildman–Crippen LogP) is 3.29. The van der Waals surface area contributed by atoms with Crippen LogP contribution < -0.4 is 0 Å². The molecule has 126 valence electrons. The standard InChI is InChI=1S/3C6H6O2/c7-5-1-2-6(8)4-3-5;7-5-2-1-3-6(8)4-5;7-5-3-1-2-4-6(5)8/h3*1-4,7-8H. The molecule has 6 heteroatoms. The molecule has 0 atom stereocenters. The summed E-state index contributed by atoms with van der Waals surface area (Å²) in [5, 5.41) is 51.9. The predicted molar refractivity (Wildman–Crippen MR) is 89.3 cm³/mol. The minimum atomic E-state index is -0.0764. The van der Waals surface area contributed by atoms with Gasteiger partial charge in [0.05, 0.1) is 0 Å². The maximum absolute atomic E-state index is 8.67. The van der Waals surface area contributed by atoms with Crippen molar-refractivity contribution in [1.82, 2.24) is 0 Å². The highest BCUT2D eigenvalue weighted by atomic mass is 16.3. The van der Waals surface area contributed by atoms with Crippen molar-refractivity contribution in [2.45, 2.75) is 0 Å². The number of phenols is 6. The van der Waals surface area contributed by atoms with Crippen molar-refractivity contribution in [1.29, 1.82) is 0 Å². The Morgan fingerprint density at radius 1 is 0.375 bits per heavy atom. The topological polar surface area (TPSA) is 121 Å². The molecule has 24 heavy (non-hydrogen) atoms. The first-order valence-corrected chi connectivity index (χ1v) is 6.81. The molecule has 0 unspecified atom stereocenters. The number of benzene rings is 3. The van der Waals surface area contributed by atoms with Gasteiger partial charge in [0.2, 0.25) is 0 Å². The summed E-state index contributed by atoms with van der Waals surface area (Å²) < 4.78 is 0. The van der Waals surface area contributed by atoms with Gasteiger partial charge in [-0.1, -0.05) is 18.2 Å². The van der Waals surface area contributed by atoms with Gasteiger partial charge in [-0.2, -0.15) is 0 Å². The van der Waals surface area contributed by atoms with Crippen LogP contribution in [0, 0.1) is 0 Å². The summed E-state index contributed by atoms with van der Waals surface area (Å²) in [6.45, 7) is 0. The van der Waals surface area contributed by atoms with E-state index in [0.717, 1.165) is 0 Å². The molecule has 3 rings (SSSR count). The number of phenolic OH excluding ortho intramolecular Hbond substituents is 6. The monoisotopic (exact) mass is 330 g/mol. The molecule has 6 N–H and O–H groups in total. The summed E-state index contributed by atoms with van der Waals surface area (Å²) >= 11 is 0. The van der Waals surface area contributed by atoms with E-state index >= 15 is 0 Å². The number of aromatic hydroxyl groups is 6. The maximum atomic E-state index is 8.67. The fourth-order valence-corrected chi connectivity index (χ4v) is 1.41. The van der Waals surface area contributed by atoms with E-state index in [0.29, 0.717) is 0 Å². The Morgan fingerprint density at radius 3 is 1.00 bits per heavy atom. The number of hydrogen-bond acceptors (Lipinski definition) is 6. The Bertz CT molecular complexity index is 681. The molecule has 3 aromatic rings. The molecule has 0 bridgehead atoms. The van der Waals surface area contributed by atoms with E-state index in [4.69, 9.17) is 30.6 Å². The molecule has 0 heterocycles. The van der Waals surface area contributed by atoms with Gasteiger partial charge in [-0.15, -0.1) is 0 Å². The Labute approximate surface area is 138 Å². The third kappa shape index (κ3) is 7.46. The van der Waals surface area contributed by atoms with Gasteiger partial charge in [-0.05, 0) is 48.5 Å². The van der Waals surface area contributed by atoms with Crippen molar-refractivity contribution in [3.8, 4) is 34.5 Å². The second kappa shape index (κ2) is 9.47. The van der Waals surface area contributed by atoms with Gasteiger partial charge in [0.15, 0.2) is 11.5 Å². The molecule has 6 nitrogen and oxygen atoms in total. The Balaban J connectivity index is 0.000000180. The van der Waals surface area contributed by atoms with E-state index in [-0.39, 0.29) is 34.5 Å². The van der Waals surface area contributed by atoms with Crippen molar-refractivity contribution in [3.63, 3.8) is 0 Å². The first-order chi connectivity index (χ1) is 11.4. The summed E-state index contributed by atoms with van der Waals surface area (Å²) in [4.78, 5) is 0. The van der Waals surface area contributed by atoms with E-state index < -0.39 is 0 Å². The van der Waals surface area contributed by atoms with Gasteiger partial charge in [0, 0.05) is 6.07 Å². The first kappa shape index (κ1) is 18.5. The lowest BCUT2D eigenvalue weighted by atomic mass is 10.3. The second-order valence-corrected chi connectivity index (χ2v) is 4.52.